The summed E-state index contributed by atoms with van der Waals surface area (Å²) in [4.78, 5) is 0. The van der Waals surface area contributed by atoms with E-state index in [4.69, 9.17) is 0 Å². The fraction of sp³-hybridized carbons (Fsp3) is 1.00. The van der Waals surface area contributed by atoms with Crippen molar-refractivity contribution in [3.05, 3.63) is 0 Å². The maximum Gasteiger partial charge on any atom is 0.153 e. The standard InChI is InChI=1S/C10H21NO2S2/c1-10(2,15(3,12)13)8-11-7-9-5-4-6-14-9/h9,11H,4-8H2,1-3H3. The van der Waals surface area contributed by atoms with Gasteiger partial charge in [0, 0.05) is 24.6 Å². The van der Waals surface area contributed by atoms with E-state index in [2.05, 4.69) is 5.32 Å². The van der Waals surface area contributed by atoms with E-state index in [1.165, 1.54) is 24.9 Å². The number of hydrogen-bond acceptors (Lipinski definition) is 4. The van der Waals surface area contributed by atoms with Crippen LogP contribution in [0.5, 0.6) is 0 Å². The minimum absolute atomic E-state index is 0.545. The average Bonchev–Trinajstić information content (AvgIpc) is 2.54. The third-order valence-corrected chi connectivity index (χ3v) is 6.50. The molecule has 0 spiro atoms. The molecule has 0 aromatic heterocycles. The SMILES string of the molecule is CC(C)(CNCC1CCCS1)S(C)(=O)=O. The maximum atomic E-state index is 11.4. The zero-order valence-corrected chi connectivity index (χ0v) is 11.4. The van der Waals surface area contributed by atoms with Gasteiger partial charge in [-0.25, -0.2) is 8.42 Å². The highest BCUT2D eigenvalue weighted by molar-refractivity contribution is 8.00. The lowest BCUT2D eigenvalue weighted by atomic mass is 10.2. The van der Waals surface area contributed by atoms with E-state index in [-0.39, 0.29) is 0 Å². The number of nitrogens with one attached hydrogen (secondary N) is 1. The lowest BCUT2D eigenvalue weighted by Crippen LogP contribution is -2.43. The average molecular weight is 251 g/mol. The predicted molar refractivity (Wildman–Crippen MR) is 67.3 cm³/mol. The Kier molecular flexibility index (Phi) is 4.50. The van der Waals surface area contributed by atoms with Crippen LogP contribution in [0.3, 0.4) is 0 Å². The fourth-order valence-corrected chi connectivity index (χ4v) is 3.07. The van der Waals surface area contributed by atoms with E-state index >= 15 is 0 Å². The van der Waals surface area contributed by atoms with Gasteiger partial charge in [0.05, 0.1) is 4.75 Å². The first-order valence-corrected chi connectivity index (χ1v) is 8.29. The van der Waals surface area contributed by atoms with Crippen LogP contribution in [0.4, 0.5) is 0 Å². The molecule has 0 saturated carbocycles. The van der Waals surface area contributed by atoms with Gasteiger partial charge in [0.25, 0.3) is 0 Å². The minimum Gasteiger partial charge on any atom is -0.314 e. The number of sulfone groups is 1. The van der Waals surface area contributed by atoms with Crippen LogP contribution in [0.25, 0.3) is 0 Å². The Bertz CT molecular complexity index is 293. The molecule has 0 amide bonds. The minimum atomic E-state index is -2.97. The second-order valence-electron chi connectivity index (χ2n) is 4.80. The topological polar surface area (TPSA) is 46.2 Å². The summed E-state index contributed by atoms with van der Waals surface area (Å²) >= 11 is 1.99. The molecule has 1 aliphatic rings. The highest BCUT2D eigenvalue weighted by Crippen LogP contribution is 2.25. The normalized spacial score (nSPS) is 23.3. The first-order chi connectivity index (χ1) is 6.83. The molecule has 1 rings (SSSR count). The van der Waals surface area contributed by atoms with E-state index in [1.54, 1.807) is 13.8 Å². The van der Waals surface area contributed by atoms with Crippen LogP contribution in [0.2, 0.25) is 0 Å². The molecule has 90 valence electrons. The monoisotopic (exact) mass is 251 g/mol. The predicted octanol–water partition coefficient (Wildman–Crippen LogP) is 1.29. The van der Waals surface area contributed by atoms with Crippen LogP contribution in [0, 0.1) is 0 Å². The fourth-order valence-electron chi connectivity index (χ4n) is 1.47. The Hall–Kier alpha value is 0.260. The molecule has 15 heavy (non-hydrogen) atoms. The zero-order valence-electron chi connectivity index (χ0n) is 9.75. The second kappa shape index (κ2) is 5.06. The molecule has 1 atom stereocenters. The molecule has 1 aliphatic heterocycles. The van der Waals surface area contributed by atoms with Crippen molar-refractivity contribution in [3.63, 3.8) is 0 Å². The van der Waals surface area contributed by atoms with Gasteiger partial charge in [0.15, 0.2) is 9.84 Å². The number of hydrogen-bond donors (Lipinski definition) is 1. The van der Waals surface area contributed by atoms with Gasteiger partial charge in [-0.3, -0.25) is 0 Å². The first kappa shape index (κ1) is 13.3. The van der Waals surface area contributed by atoms with Crippen LogP contribution in [-0.4, -0.2) is 43.5 Å². The summed E-state index contributed by atoms with van der Waals surface area (Å²) in [5.41, 5.74) is 0. The van der Waals surface area contributed by atoms with E-state index in [0.29, 0.717) is 11.8 Å². The van der Waals surface area contributed by atoms with Crippen molar-refractivity contribution in [3.8, 4) is 0 Å². The summed E-state index contributed by atoms with van der Waals surface area (Å²) in [6.45, 7) is 5.03. The molecule has 0 aromatic carbocycles. The summed E-state index contributed by atoms with van der Waals surface area (Å²) in [6.07, 6.45) is 3.86. The Balaban J connectivity index is 2.30. The molecule has 1 saturated heterocycles. The van der Waals surface area contributed by atoms with Crippen LogP contribution < -0.4 is 5.32 Å². The summed E-state index contributed by atoms with van der Waals surface area (Å²) < 4.78 is 22.2. The van der Waals surface area contributed by atoms with Gasteiger partial charge >= 0.3 is 0 Å². The summed E-state index contributed by atoms with van der Waals surface area (Å²) in [5, 5.41) is 3.96. The number of thioether (sulfide) groups is 1. The third kappa shape index (κ3) is 3.96. The van der Waals surface area contributed by atoms with E-state index < -0.39 is 14.6 Å². The van der Waals surface area contributed by atoms with Gasteiger partial charge in [0.1, 0.15) is 0 Å². The molecule has 1 fully saturated rings. The molecule has 1 heterocycles. The summed E-state index contributed by atoms with van der Waals surface area (Å²) in [7, 11) is -2.97. The zero-order chi connectivity index (χ0) is 11.5. The molecule has 0 aromatic rings. The van der Waals surface area contributed by atoms with E-state index in [0.717, 1.165) is 6.54 Å². The van der Waals surface area contributed by atoms with Crippen molar-refractivity contribution < 1.29 is 8.42 Å². The Morgan fingerprint density at radius 2 is 2.13 bits per heavy atom. The van der Waals surface area contributed by atoms with E-state index in [1.807, 2.05) is 11.8 Å². The Labute approximate surface area is 97.3 Å². The van der Waals surface area contributed by atoms with Crippen molar-refractivity contribution in [2.45, 2.75) is 36.7 Å². The molecular formula is C10H21NO2S2. The Morgan fingerprint density at radius 1 is 1.47 bits per heavy atom. The largest absolute Gasteiger partial charge is 0.314 e. The Morgan fingerprint density at radius 3 is 2.60 bits per heavy atom. The molecular weight excluding hydrogens is 230 g/mol. The van der Waals surface area contributed by atoms with Crippen molar-refractivity contribution >= 4 is 21.6 Å². The smallest absolute Gasteiger partial charge is 0.153 e. The van der Waals surface area contributed by atoms with Gasteiger partial charge in [0.2, 0.25) is 0 Å². The molecule has 0 aliphatic carbocycles. The lowest BCUT2D eigenvalue weighted by molar-refractivity contribution is 0.518. The van der Waals surface area contributed by atoms with Crippen molar-refractivity contribution in [2.24, 2.45) is 0 Å². The number of rotatable bonds is 5. The first-order valence-electron chi connectivity index (χ1n) is 5.35. The van der Waals surface area contributed by atoms with Crippen molar-refractivity contribution in [1.82, 2.24) is 5.32 Å². The van der Waals surface area contributed by atoms with Gasteiger partial charge in [-0.15, -0.1) is 0 Å². The molecule has 1 unspecified atom stereocenters. The van der Waals surface area contributed by atoms with Crippen LogP contribution >= 0.6 is 11.8 Å². The molecule has 1 N–H and O–H groups in total. The van der Waals surface area contributed by atoms with Gasteiger partial charge in [-0.1, -0.05) is 0 Å². The molecule has 5 heteroatoms. The summed E-state index contributed by atoms with van der Waals surface area (Å²) in [6, 6.07) is 0. The van der Waals surface area contributed by atoms with Crippen LogP contribution in [0.1, 0.15) is 26.7 Å². The van der Waals surface area contributed by atoms with Crippen molar-refractivity contribution in [1.29, 1.82) is 0 Å². The maximum absolute atomic E-state index is 11.4. The van der Waals surface area contributed by atoms with Gasteiger partial charge in [-0.2, -0.15) is 11.8 Å². The second-order valence-corrected chi connectivity index (χ2v) is 8.86. The summed E-state index contributed by atoms with van der Waals surface area (Å²) in [5.74, 6) is 1.25. The molecule has 0 bridgehead atoms. The van der Waals surface area contributed by atoms with Gasteiger partial charge < -0.3 is 5.32 Å². The highest BCUT2D eigenvalue weighted by atomic mass is 32.2. The quantitative estimate of drug-likeness (QED) is 0.800. The lowest BCUT2D eigenvalue weighted by Gasteiger charge is -2.23. The molecule has 0 radical (unpaired) electrons. The van der Waals surface area contributed by atoms with Crippen LogP contribution in [0.15, 0.2) is 0 Å². The van der Waals surface area contributed by atoms with E-state index in [9.17, 15) is 8.42 Å². The van der Waals surface area contributed by atoms with Crippen LogP contribution in [-0.2, 0) is 9.84 Å². The third-order valence-electron chi connectivity index (χ3n) is 2.95. The molecule has 3 nitrogen and oxygen atoms in total. The highest BCUT2D eigenvalue weighted by Gasteiger charge is 2.29. The van der Waals surface area contributed by atoms with Gasteiger partial charge in [-0.05, 0) is 32.4 Å². The van der Waals surface area contributed by atoms with Crippen molar-refractivity contribution in [2.75, 3.05) is 25.1 Å².